The summed E-state index contributed by atoms with van der Waals surface area (Å²) in [7, 11) is 4.13. The van der Waals surface area contributed by atoms with Gasteiger partial charge in [-0.15, -0.1) is 6.58 Å². The molecule has 45 heavy (non-hydrogen) atoms. The molecule has 3 aromatic rings. The summed E-state index contributed by atoms with van der Waals surface area (Å²) in [6.07, 6.45) is 20.6. The molecule has 0 amide bonds. The van der Waals surface area contributed by atoms with Crippen LogP contribution in [0.25, 0.3) is 11.1 Å². The summed E-state index contributed by atoms with van der Waals surface area (Å²) < 4.78 is 2.06. The van der Waals surface area contributed by atoms with Gasteiger partial charge in [-0.1, -0.05) is 49.6 Å². The smallest absolute Gasteiger partial charge is 0.127 e. The Morgan fingerprint density at radius 3 is 2.13 bits per heavy atom. The third kappa shape index (κ3) is 7.56. The van der Waals surface area contributed by atoms with Gasteiger partial charge in [-0.05, 0) is 125 Å². The van der Waals surface area contributed by atoms with E-state index in [0.717, 1.165) is 12.4 Å². The maximum Gasteiger partial charge on any atom is 0.127 e. The molecule has 0 aliphatic heterocycles. The standard InChI is InChI=1S/C36H49N5.C4H8/c1-27(2)41-25-31(23-38-41)30-12-9-13-33(22-30)40(28(3)29-10-7-6-8-11-29)26-35-16-19-36(20-17-35,21-18-35)32-14-15-34(37-24-32)39(4)5;1-4(2)3/h9,12-15,22-25,27,29H,3,6-8,10-11,16-21,26H2,1-2,4-5H3;1H2,2-3H3. The van der Waals surface area contributed by atoms with Crippen LogP contribution in [-0.4, -0.2) is 35.4 Å². The molecule has 0 N–H and O–H groups in total. The Morgan fingerprint density at radius 1 is 0.911 bits per heavy atom. The average Bonchev–Trinajstić information content (AvgIpc) is 3.56. The molecule has 4 fully saturated rings. The van der Waals surface area contributed by atoms with E-state index in [2.05, 4.69) is 103 Å². The zero-order chi connectivity index (χ0) is 32.2. The molecule has 2 aromatic heterocycles. The summed E-state index contributed by atoms with van der Waals surface area (Å²) in [5.41, 5.74) is 8.37. The van der Waals surface area contributed by atoms with Gasteiger partial charge in [-0.3, -0.25) is 4.68 Å². The molecule has 5 nitrogen and oxygen atoms in total. The van der Waals surface area contributed by atoms with Crippen LogP contribution in [0, 0.1) is 11.3 Å². The highest BCUT2D eigenvalue weighted by Gasteiger charge is 2.50. The Hall–Kier alpha value is -3.34. The highest BCUT2D eigenvalue weighted by Crippen LogP contribution is 2.58. The van der Waals surface area contributed by atoms with Crippen molar-refractivity contribution in [1.29, 1.82) is 0 Å². The number of hydrogen-bond donors (Lipinski definition) is 0. The van der Waals surface area contributed by atoms with Crippen LogP contribution in [0.4, 0.5) is 11.5 Å². The normalized spacial score (nSPS) is 22.9. The maximum atomic E-state index is 4.81. The van der Waals surface area contributed by atoms with Crippen molar-refractivity contribution in [1.82, 2.24) is 14.8 Å². The van der Waals surface area contributed by atoms with Crippen molar-refractivity contribution in [3.8, 4) is 11.1 Å². The van der Waals surface area contributed by atoms with Gasteiger partial charge >= 0.3 is 0 Å². The fourth-order valence-corrected chi connectivity index (χ4v) is 7.87. The van der Waals surface area contributed by atoms with Crippen molar-refractivity contribution < 1.29 is 0 Å². The van der Waals surface area contributed by atoms with Gasteiger partial charge in [0.05, 0.1) is 6.20 Å². The second kappa shape index (κ2) is 14.0. The zero-order valence-corrected chi connectivity index (χ0v) is 29.0. The van der Waals surface area contributed by atoms with Crippen LogP contribution in [0.3, 0.4) is 0 Å². The molecule has 242 valence electrons. The van der Waals surface area contributed by atoms with E-state index in [1.807, 2.05) is 20.0 Å². The summed E-state index contributed by atoms with van der Waals surface area (Å²) >= 11 is 0. The van der Waals surface area contributed by atoms with Crippen molar-refractivity contribution in [2.45, 2.75) is 110 Å². The number of pyridine rings is 1. The second-order valence-corrected chi connectivity index (χ2v) is 15.1. The van der Waals surface area contributed by atoms with Gasteiger partial charge in [0.1, 0.15) is 5.82 Å². The van der Waals surface area contributed by atoms with E-state index < -0.39 is 0 Å². The summed E-state index contributed by atoms with van der Waals surface area (Å²) in [6, 6.07) is 14.1. The number of rotatable bonds is 9. The number of anilines is 2. The number of hydrogen-bond acceptors (Lipinski definition) is 4. The van der Waals surface area contributed by atoms with Crippen molar-refractivity contribution >= 4 is 11.5 Å². The molecule has 2 heterocycles. The van der Waals surface area contributed by atoms with Gasteiger partial charge in [0.2, 0.25) is 0 Å². The number of fused-ring (bicyclic) bond motifs is 3. The molecule has 0 atom stereocenters. The lowest BCUT2D eigenvalue weighted by molar-refractivity contribution is 0.0459. The molecule has 0 saturated heterocycles. The van der Waals surface area contributed by atoms with Gasteiger partial charge in [0, 0.05) is 56.0 Å². The van der Waals surface area contributed by atoms with Gasteiger partial charge < -0.3 is 9.80 Å². The van der Waals surface area contributed by atoms with E-state index in [0.29, 0.717) is 22.8 Å². The summed E-state index contributed by atoms with van der Waals surface area (Å²) in [4.78, 5) is 9.53. The number of nitrogens with zero attached hydrogens (tertiary/aromatic N) is 5. The van der Waals surface area contributed by atoms with Crippen LogP contribution < -0.4 is 9.80 Å². The fraction of sp³-hybridized carbons (Fsp3) is 0.550. The largest absolute Gasteiger partial charge is 0.363 e. The lowest BCUT2D eigenvalue weighted by atomic mass is 9.52. The minimum absolute atomic E-state index is 0.307. The first-order valence-corrected chi connectivity index (χ1v) is 17.4. The van der Waals surface area contributed by atoms with Crippen LogP contribution in [0.2, 0.25) is 0 Å². The van der Waals surface area contributed by atoms with Gasteiger partial charge in [0.15, 0.2) is 0 Å². The summed E-state index contributed by atoms with van der Waals surface area (Å²) in [6.45, 7) is 17.8. The molecule has 4 saturated carbocycles. The molecule has 4 aliphatic rings. The first kappa shape index (κ1) is 33.0. The van der Waals surface area contributed by atoms with Crippen molar-refractivity contribution in [3.63, 3.8) is 0 Å². The van der Waals surface area contributed by atoms with Crippen molar-refractivity contribution in [2.24, 2.45) is 11.3 Å². The molecule has 2 bridgehead atoms. The summed E-state index contributed by atoms with van der Waals surface area (Å²) in [5, 5.41) is 4.62. The van der Waals surface area contributed by atoms with Gasteiger partial charge in [-0.25, -0.2) is 4.98 Å². The van der Waals surface area contributed by atoms with Gasteiger partial charge in [-0.2, -0.15) is 5.10 Å². The predicted molar refractivity (Wildman–Crippen MR) is 192 cm³/mol. The van der Waals surface area contributed by atoms with E-state index in [4.69, 9.17) is 11.6 Å². The molecule has 0 radical (unpaired) electrons. The molecule has 0 unspecified atom stereocenters. The molecule has 1 aromatic carbocycles. The first-order chi connectivity index (χ1) is 21.5. The number of aromatic nitrogens is 3. The molecule has 4 aliphatic carbocycles. The van der Waals surface area contributed by atoms with E-state index >= 15 is 0 Å². The monoisotopic (exact) mass is 607 g/mol. The summed E-state index contributed by atoms with van der Waals surface area (Å²) in [5.74, 6) is 1.64. The average molecular weight is 608 g/mol. The van der Waals surface area contributed by atoms with Crippen LogP contribution in [0.1, 0.15) is 110 Å². The Kier molecular flexibility index (Phi) is 10.3. The topological polar surface area (TPSA) is 37.2 Å². The van der Waals surface area contributed by atoms with E-state index in [-0.39, 0.29) is 0 Å². The predicted octanol–water partition coefficient (Wildman–Crippen LogP) is 10.4. The fourth-order valence-electron chi connectivity index (χ4n) is 7.87. The highest BCUT2D eigenvalue weighted by molar-refractivity contribution is 5.69. The molecule has 5 heteroatoms. The zero-order valence-electron chi connectivity index (χ0n) is 29.0. The Bertz CT molecular complexity index is 1410. The third-order valence-electron chi connectivity index (χ3n) is 10.8. The van der Waals surface area contributed by atoms with Gasteiger partial charge in [0.25, 0.3) is 0 Å². The van der Waals surface area contributed by atoms with Crippen LogP contribution >= 0.6 is 0 Å². The molecule has 7 rings (SSSR count). The first-order valence-electron chi connectivity index (χ1n) is 17.4. The highest BCUT2D eigenvalue weighted by atomic mass is 15.3. The number of allylic oxidation sites excluding steroid dienone is 2. The molecular formula is C40H57N5. The SMILES string of the molecule is C=C(C)C.C=C(C1CCCCC1)N(CC12CCC(c3ccc(N(C)C)nc3)(CC1)CC2)c1cccc(-c2cnn(C(C)C)c2)c1. The van der Waals surface area contributed by atoms with E-state index in [1.165, 1.54) is 104 Å². The minimum Gasteiger partial charge on any atom is -0.363 e. The molecular weight excluding hydrogens is 550 g/mol. The van der Waals surface area contributed by atoms with Crippen molar-refractivity contribution in [2.75, 3.05) is 30.4 Å². The van der Waals surface area contributed by atoms with E-state index in [1.54, 1.807) is 0 Å². The minimum atomic E-state index is 0.307. The lowest BCUT2D eigenvalue weighted by Crippen LogP contribution is -2.49. The van der Waals surface area contributed by atoms with E-state index in [9.17, 15) is 0 Å². The van der Waals surface area contributed by atoms with Crippen LogP contribution in [-0.2, 0) is 5.41 Å². The maximum absolute atomic E-state index is 4.81. The van der Waals surface area contributed by atoms with Crippen molar-refractivity contribution in [3.05, 3.63) is 85.0 Å². The lowest BCUT2D eigenvalue weighted by Gasteiger charge is -2.55. The number of benzene rings is 1. The molecule has 0 spiro atoms. The second-order valence-electron chi connectivity index (χ2n) is 15.1. The Labute approximate surface area is 273 Å². The van der Waals surface area contributed by atoms with Crippen LogP contribution in [0.15, 0.2) is 79.4 Å². The quantitative estimate of drug-likeness (QED) is 0.227. The Morgan fingerprint density at radius 2 is 1.58 bits per heavy atom. The third-order valence-corrected chi connectivity index (χ3v) is 10.8. The van der Waals surface area contributed by atoms with Crippen LogP contribution in [0.5, 0.6) is 0 Å². The Balaban J connectivity index is 0.000000945.